The SMILES string of the molecule is CC1CC=CCC1COc1nc(Cl)ncc1Br. The van der Waals surface area contributed by atoms with Crippen molar-refractivity contribution in [3.05, 3.63) is 28.1 Å². The molecule has 2 unspecified atom stereocenters. The molecule has 2 rings (SSSR count). The van der Waals surface area contributed by atoms with E-state index >= 15 is 0 Å². The number of ether oxygens (including phenoxy) is 1. The summed E-state index contributed by atoms with van der Waals surface area (Å²) in [6.45, 7) is 2.91. The van der Waals surface area contributed by atoms with Crippen LogP contribution in [0.5, 0.6) is 5.88 Å². The van der Waals surface area contributed by atoms with Gasteiger partial charge in [-0.2, -0.15) is 4.98 Å². The fraction of sp³-hybridized carbons (Fsp3) is 0.500. The maximum atomic E-state index is 5.73. The standard InChI is InChI=1S/C12H14BrClN2O/c1-8-4-2-3-5-9(8)7-17-11-10(13)6-15-12(14)16-11/h2-3,6,8-9H,4-5,7H2,1H3. The number of halogens is 2. The van der Waals surface area contributed by atoms with E-state index in [1.54, 1.807) is 6.20 Å². The number of hydrogen-bond donors (Lipinski definition) is 0. The van der Waals surface area contributed by atoms with Crippen molar-refractivity contribution >= 4 is 27.5 Å². The Morgan fingerprint density at radius 1 is 1.47 bits per heavy atom. The number of hydrogen-bond acceptors (Lipinski definition) is 3. The van der Waals surface area contributed by atoms with Crippen molar-refractivity contribution in [2.45, 2.75) is 19.8 Å². The summed E-state index contributed by atoms with van der Waals surface area (Å²) in [6, 6.07) is 0. The van der Waals surface area contributed by atoms with Crippen LogP contribution in [-0.2, 0) is 0 Å². The number of rotatable bonds is 3. The highest BCUT2D eigenvalue weighted by atomic mass is 79.9. The van der Waals surface area contributed by atoms with Gasteiger partial charge in [-0.15, -0.1) is 0 Å². The molecule has 5 heteroatoms. The third kappa shape index (κ3) is 3.42. The first-order chi connectivity index (χ1) is 8.16. The molecular weight excluding hydrogens is 304 g/mol. The van der Waals surface area contributed by atoms with Gasteiger partial charge in [-0.25, -0.2) is 4.98 Å². The lowest BCUT2D eigenvalue weighted by Gasteiger charge is -2.25. The van der Waals surface area contributed by atoms with Gasteiger partial charge < -0.3 is 4.74 Å². The molecule has 0 bridgehead atoms. The van der Waals surface area contributed by atoms with Gasteiger partial charge in [0.05, 0.1) is 11.1 Å². The summed E-state index contributed by atoms with van der Waals surface area (Å²) in [5.41, 5.74) is 0. The minimum absolute atomic E-state index is 0.208. The summed E-state index contributed by atoms with van der Waals surface area (Å²) in [5.74, 6) is 1.71. The quantitative estimate of drug-likeness (QED) is 0.627. The fourth-order valence-electron chi connectivity index (χ4n) is 1.86. The lowest BCUT2D eigenvalue weighted by Crippen LogP contribution is -2.21. The second kappa shape index (κ2) is 5.83. The van der Waals surface area contributed by atoms with E-state index in [4.69, 9.17) is 16.3 Å². The van der Waals surface area contributed by atoms with Gasteiger partial charge in [-0.05, 0) is 52.2 Å². The highest BCUT2D eigenvalue weighted by Crippen LogP contribution is 2.28. The van der Waals surface area contributed by atoms with Crippen LogP contribution in [0, 0.1) is 11.8 Å². The van der Waals surface area contributed by atoms with Crippen molar-refractivity contribution < 1.29 is 4.74 Å². The van der Waals surface area contributed by atoms with E-state index in [1.165, 1.54) is 0 Å². The molecule has 0 radical (unpaired) electrons. The Morgan fingerprint density at radius 2 is 2.24 bits per heavy atom. The molecule has 1 aliphatic carbocycles. The molecule has 0 N–H and O–H groups in total. The second-order valence-electron chi connectivity index (χ2n) is 4.28. The van der Waals surface area contributed by atoms with Crippen molar-refractivity contribution in [3.8, 4) is 5.88 Å². The molecule has 1 heterocycles. The maximum absolute atomic E-state index is 5.73. The number of allylic oxidation sites excluding steroid dienone is 2. The van der Waals surface area contributed by atoms with E-state index in [0.29, 0.717) is 24.3 Å². The summed E-state index contributed by atoms with van der Waals surface area (Å²) < 4.78 is 6.45. The largest absolute Gasteiger partial charge is 0.476 e. The molecule has 1 aromatic heterocycles. The zero-order chi connectivity index (χ0) is 12.3. The molecule has 0 aromatic carbocycles. The van der Waals surface area contributed by atoms with Gasteiger partial charge in [0.1, 0.15) is 0 Å². The minimum atomic E-state index is 0.208. The Morgan fingerprint density at radius 3 is 3.00 bits per heavy atom. The molecule has 2 atom stereocenters. The highest BCUT2D eigenvalue weighted by molar-refractivity contribution is 9.10. The predicted molar refractivity (Wildman–Crippen MR) is 71.3 cm³/mol. The van der Waals surface area contributed by atoms with Gasteiger partial charge in [0, 0.05) is 6.20 Å². The molecule has 0 amide bonds. The van der Waals surface area contributed by atoms with Crippen LogP contribution >= 0.6 is 27.5 Å². The molecule has 0 saturated carbocycles. The predicted octanol–water partition coefficient (Wildman–Crippen LogP) is 3.87. The lowest BCUT2D eigenvalue weighted by atomic mass is 9.85. The van der Waals surface area contributed by atoms with Crippen LogP contribution in [0.25, 0.3) is 0 Å². The number of nitrogens with zero attached hydrogens (tertiary/aromatic N) is 2. The van der Waals surface area contributed by atoms with Gasteiger partial charge in [0.2, 0.25) is 11.2 Å². The Hall–Kier alpha value is -0.610. The molecule has 0 fully saturated rings. The van der Waals surface area contributed by atoms with Crippen molar-refractivity contribution in [2.24, 2.45) is 11.8 Å². The normalized spacial score (nSPS) is 23.7. The van der Waals surface area contributed by atoms with Crippen molar-refractivity contribution in [2.75, 3.05) is 6.61 Å². The zero-order valence-corrected chi connectivity index (χ0v) is 11.9. The molecule has 1 aliphatic rings. The summed E-state index contributed by atoms with van der Waals surface area (Å²) in [6.07, 6.45) is 8.25. The van der Waals surface area contributed by atoms with Gasteiger partial charge in [0.25, 0.3) is 0 Å². The topological polar surface area (TPSA) is 35.0 Å². The molecule has 92 valence electrons. The fourth-order valence-corrected chi connectivity index (χ4v) is 2.29. The summed E-state index contributed by atoms with van der Waals surface area (Å²) >= 11 is 9.08. The third-order valence-electron chi connectivity index (χ3n) is 3.03. The van der Waals surface area contributed by atoms with Crippen LogP contribution < -0.4 is 4.74 Å². The van der Waals surface area contributed by atoms with Crippen molar-refractivity contribution in [3.63, 3.8) is 0 Å². The first-order valence-electron chi connectivity index (χ1n) is 5.62. The molecule has 0 aliphatic heterocycles. The van der Waals surface area contributed by atoms with E-state index < -0.39 is 0 Å². The first-order valence-corrected chi connectivity index (χ1v) is 6.79. The van der Waals surface area contributed by atoms with E-state index in [9.17, 15) is 0 Å². The van der Waals surface area contributed by atoms with Crippen LogP contribution in [0.4, 0.5) is 0 Å². The zero-order valence-electron chi connectivity index (χ0n) is 9.57. The van der Waals surface area contributed by atoms with Crippen LogP contribution in [-0.4, -0.2) is 16.6 Å². The Labute approximate surface area is 114 Å². The molecular formula is C12H14BrClN2O. The molecule has 1 aromatic rings. The monoisotopic (exact) mass is 316 g/mol. The first kappa shape index (κ1) is 12.8. The molecule has 0 spiro atoms. The lowest BCUT2D eigenvalue weighted by molar-refractivity contribution is 0.191. The minimum Gasteiger partial charge on any atom is -0.476 e. The smallest absolute Gasteiger partial charge is 0.232 e. The van der Waals surface area contributed by atoms with Crippen LogP contribution in [0.1, 0.15) is 19.8 Å². The van der Waals surface area contributed by atoms with Gasteiger partial charge in [-0.1, -0.05) is 19.1 Å². The summed E-state index contributed by atoms with van der Waals surface area (Å²) in [5, 5.41) is 0.208. The average Bonchev–Trinajstić information content (AvgIpc) is 2.32. The van der Waals surface area contributed by atoms with Crippen LogP contribution in [0.3, 0.4) is 0 Å². The summed E-state index contributed by atoms with van der Waals surface area (Å²) in [7, 11) is 0. The van der Waals surface area contributed by atoms with Crippen LogP contribution in [0.2, 0.25) is 5.28 Å². The molecule has 17 heavy (non-hydrogen) atoms. The number of aromatic nitrogens is 2. The van der Waals surface area contributed by atoms with Gasteiger partial charge >= 0.3 is 0 Å². The van der Waals surface area contributed by atoms with Gasteiger partial charge in [-0.3, -0.25) is 0 Å². The van der Waals surface area contributed by atoms with Crippen LogP contribution in [0.15, 0.2) is 22.8 Å². The van der Waals surface area contributed by atoms with Gasteiger partial charge in [0.15, 0.2) is 0 Å². The van der Waals surface area contributed by atoms with E-state index in [2.05, 4.69) is 45.0 Å². The maximum Gasteiger partial charge on any atom is 0.232 e. The van der Waals surface area contributed by atoms with Crippen molar-refractivity contribution in [1.82, 2.24) is 9.97 Å². The molecule has 3 nitrogen and oxygen atoms in total. The van der Waals surface area contributed by atoms with E-state index in [0.717, 1.165) is 17.3 Å². The Kier molecular flexibility index (Phi) is 4.40. The van der Waals surface area contributed by atoms with Crippen molar-refractivity contribution in [1.29, 1.82) is 0 Å². The second-order valence-corrected chi connectivity index (χ2v) is 5.48. The molecule has 0 saturated heterocycles. The highest BCUT2D eigenvalue weighted by Gasteiger charge is 2.19. The Balaban J connectivity index is 1.97. The summed E-state index contributed by atoms with van der Waals surface area (Å²) in [4.78, 5) is 7.91. The third-order valence-corrected chi connectivity index (χ3v) is 3.76. The van der Waals surface area contributed by atoms with E-state index in [1.807, 2.05) is 0 Å². The Bertz CT molecular complexity index is 425. The average molecular weight is 318 g/mol. The van der Waals surface area contributed by atoms with E-state index in [-0.39, 0.29) is 5.28 Å².